The van der Waals surface area contributed by atoms with E-state index in [1.807, 2.05) is 13.8 Å². The lowest BCUT2D eigenvalue weighted by molar-refractivity contribution is -0.128. The third-order valence-electron chi connectivity index (χ3n) is 3.76. The minimum absolute atomic E-state index is 0.0315. The summed E-state index contributed by atoms with van der Waals surface area (Å²) in [5.41, 5.74) is 0.503. The van der Waals surface area contributed by atoms with Gasteiger partial charge in [0, 0.05) is 7.05 Å². The van der Waals surface area contributed by atoms with Crippen LogP contribution in [0, 0.1) is 0 Å². The number of likely N-dealkylation sites (N-methyl/N-ethyl adjacent to an activating group) is 1. The number of hydrogen-bond donors (Lipinski definition) is 1. The molecule has 0 bridgehead atoms. The quantitative estimate of drug-likeness (QED) is 0.482. The second-order valence-corrected chi connectivity index (χ2v) is 6.35. The van der Waals surface area contributed by atoms with Crippen LogP contribution in [-0.4, -0.2) is 42.1 Å². The topological polar surface area (TPSA) is 67.9 Å². The molecule has 1 atom stereocenters. The van der Waals surface area contributed by atoms with Crippen LogP contribution in [0.25, 0.3) is 6.08 Å². The van der Waals surface area contributed by atoms with Crippen molar-refractivity contribution in [1.82, 2.24) is 10.2 Å². The third kappa shape index (κ3) is 4.11. The Morgan fingerprint density at radius 2 is 2.08 bits per heavy atom. The number of carbonyl (C=O) groups is 2. The first-order chi connectivity index (χ1) is 11.8. The molecule has 1 aliphatic rings. The molecule has 8 heteroatoms. The van der Waals surface area contributed by atoms with Gasteiger partial charge in [0.05, 0.1) is 18.2 Å². The number of methoxy groups -OCH3 is 1. The molecule has 1 aliphatic heterocycles. The van der Waals surface area contributed by atoms with E-state index < -0.39 is 11.8 Å². The van der Waals surface area contributed by atoms with Crippen molar-refractivity contribution in [1.29, 1.82) is 0 Å². The number of thiocarbonyl (C=S) groups is 1. The summed E-state index contributed by atoms with van der Waals surface area (Å²) >= 11 is 11.2. The predicted octanol–water partition coefficient (Wildman–Crippen LogP) is 2.78. The molecule has 1 heterocycles. The summed E-state index contributed by atoms with van der Waals surface area (Å²) in [4.78, 5) is 25.5. The maximum atomic E-state index is 12.3. The lowest BCUT2D eigenvalue weighted by Gasteiger charge is -2.25. The van der Waals surface area contributed by atoms with Crippen molar-refractivity contribution in [2.24, 2.45) is 0 Å². The van der Waals surface area contributed by atoms with Crippen molar-refractivity contribution in [3.63, 3.8) is 0 Å². The van der Waals surface area contributed by atoms with Crippen molar-refractivity contribution in [2.75, 3.05) is 14.2 Å². The first kappa shape index (κ1) is 19.2. The molecular weight excluding hydrogens is 364 g/mol. The molecular formula is C17H19ClN2O4S. The molecule has 1 aromatic carbocycles. The fraction of sp³-hybridized carbons (Fsp3) is 0.353. The number of rotatable bonds is 5. The van der Waals surface area contributed by atoms with Gasteiger partial charge in [-0.15, -0.1) is 0 Å². The Kier molecular flexibility index (Phi) is 6.02. The molecule has 0 aromatic heterocycles. The fourth-order valence-corrected chi connectivity index (χ4v) is 2.57. The zero-order valence-electron chi connectivity index (χ0n) is 14.4. The monoisotopic (exact) mass is 382 g/mol. The van der Waals surface area contributed by atoms with Crippen molar-refractivity contribution in [3.05, 3.63) is 28.3 Å². The summed E-state index contributed by atoms with van der Waals surface area (Å²) in [6.45, 7) is 3.92. The number of carbonyl (C=O) groups excluding carboxylic acids is 2. The molecule has 1 saturated heterocycles. The smallest absolute Gasteiger partial charge is 0.265 e. The molecule has 134 valence electrons. The molecule has 2 rings (SSSR count). The van der Waals surface area contributed by atoms with Gasteiger partial charge in [0.2, 0.25) is 0 Å². The van der Waals surface area contributed by atoms with Crippen molar-refractivity contribution in [2.45, 2.75) is 26.4 Å². The Morgan fingerprint density at radius 3 is 2.68 bits per heavy atom. The lowest BCUT2D eigenvalue weighted by Crippen LogP contribution is -2.52. The number of hydrogen-bond acceptors (Lipinski definition) is 5. The molecule has 2 amide bonds. The van der Waals surface area contributed by atoms with Gasteiger partial charge in [-0.05, 0) is 49.3 Å². The van der Waals surface area contributed by atoms with Gasteiger partial charge in [-0.25, -0.2) is 0 Å². The highest BCUT2D eigenvalue weighted by Crippen LogP contribution is 2.38. The number of nitrogens with one attached hydrogen (secondary N) is 1. The highest BCUT2D eigenvalue weighted by Gasteiger charge is 2.30. The van der Waals surface area contributed by atoms with E-state index in [0.29, 0.717) is 22.1 Å². The maximum Gasteiger partial charge on any atom is 0.265 e. The summed E-state index contributed by atoms with van der Waals surface area (Å²) in [5.74, 6) is -0.183. The van der Waals surface area contributed by atoms with E-state index in [1.165, 1.54) is 25.1 Å². The first-order valence-corrected chi connectivity index (χ1v) is 8.46. The van der Waals surface area contributed by atoms with Gasteiger partial charge in [-0.2, -0.15) is 0 Å². The van der Waals surface area contributed by atoms with Crippen LogP contribution in [0.5, 0.6) is 11.5 Å². The summed E-state index contributed by atoms with van der Waals surface area (Å²) in [7, 11) is 2.99. The van der Waals surface area contributed by atoms with Gasteiger partial charge in [0.15, 0.2) is 16.6 Å². The third-order valence-corrected chi connectivity index (χ3v) is 4.42. The number of benzene rings is 1. The van der Waals surface area contributed by atoms with Crippen molar-refractivity contribution < 1.29 is 19.1 Å². The van der Waals surface area contributed by atoms with E-state index in [1.54, 1.807) is 12.1 Å². The van der Waals surface area contributed by atoms with Gasteiger partial charge in [0.25, 0.3) is 11.8 Å². The Balaban J connectivity index is 2.43. The molecule has 25 heavy (non-hydrogen) atoms. The molecule has 0 aliphatic carbocycles. The van der Waals surface area contributed by atoms with Crippen molar-refractivity contribution in [3.8, 4) is 11.5 Å². The van der Waals surface area contributed by atoms with Gasteiger partial charge in [0.1, 0.15) is 5.57 Å². The summed E-state index contributed by atoms with van der Waals surface area (Å²) in [5, 5.41) is 2.86. The molecule has 0 spiro atoms. The molecule has 6 nitrogen and oxygen atoms in total. The minimum atomic E-state index is -0.553. The Labute approximate surface area is 156 Å². The second kappa shape index (κ2) is 7.84. The second-order valence-electron chi connectivity index (χ2n) is 5.55. The average molecular weight is 383 g/mol. The molecule has 0 unspecified atom stereocenters. The van der Waals surface area contributed by atoms with Crippen molar-refractivity contribution >= 4 is 46.8 Å². The molecule has 0 radical (unpaired) electrons. The van der Waals surface area contributed by atoms with Gasteiger partial charge in [-0.3, -0.25) is 19.8 Å². The molecule has 1 fully saturated rings. The van der Waals surface area contributed by atoms with Crippen LogP contribution in [0.15, 0.2) is 17.7 Å². The van der Waals surface area contributed by atoms with E-state index in [2.05, 4.69) is 5.32 Å². The van der Waals surface area contributed by atoms with Gasteiger partial charge < -0.3 is 9.47 Å². The number of halogens is 1. The number of nitrogens with zero attached hydrogens (tertiary/aromatic N) is 1. The van der Waals surface area contributed by atoms with E-state index in [-0.39, 0.29) is 16.8 Å². The Bertz CT molecular complexity index is 763. The van der Waals surface area contributed by atoms with E-state index >= 15 is 0 Å². The lowest BCUT2D eigenvalue weighted by atomic mass is 10.1. The highest BCUT2D eigenvalue weighted by atomic mass is 35.5. The van der Waals surface area contributed by atoms with E-state index in [9.17, 15) is 9.59 Å². The Morgan fingerprint density at radius 1 is 1.40 bits per heavy atom. The molecule has 0 saturated carbocycles. The SMILES string of the molecule is CC[C@@H](C)Oc1c(Cl)cc(/C=C2\C(=O)NC(=S)N(C)C2=O)cc1OC. The zero-order chi connectivity index (χ0) is 18.7. The van der Waals surface area contributed by atoms with Crippen LogP contribution in [-0.2, 0) is 9.59 Å². The van der Waals surface area contributed by atoms with Crippen LogP contribution in [0.3, 0.4) is 0 Å². The summed E-state index contributed by atoms with van der Waals surface area (Å²) in [6.07, 6.45) is 2.22. The normalized spacial score (nSPS) is 17.6. The molecule has 1 aromatic rings. The Hall–Kier alpha value is -2.12. The van der Waals surface area contributed by atoms with E-state index in [4.69, 9.17) is 33.3 Å². The first-order valence-electron chi connectivity index (χ1n) is 7.67. The maximum absolute atomic E-state index is 12.3. The standard InChI is InChI=1S/C17H19ClN2O4S/c1-5-9(2)24-14-12(18)7-10(8-13(14)23-4)6-11-15(21)19-17(25)20(3)16(11)22/h6-9H,5H2,1-4H3,(H,19,21,25)/b11-6+/t9-/m1/s1. The zero-order valence-corrected chi connectivity index (χ0v) is 16.0. The minimum Gasteiger partial charge on any atom is -0.493 e. The highest BCUT2D eigenvalue weighted by molar-refractivity contribution is 7.80. The number of ether oxygens (including phenoxy) is 2. The van der Waals surface area contributed by atoms with Crippen LogP contribution in [0.2, 0.25) is 5.02 Å². The average Bonchev–Trinajstić information content (AvgIpc) is 2.58. The summed E-state index contributed by atoms with van der Waals surface area (Å²) in [6, 6.07) is 3.27. The predicted molar refractivity (Wildman–Crippen MR) is 99.9 cm³/mol. The van der Waals surface area contributed by atoms with Crippen LogP contribution >= 0.6 is 23.8 Å². The van der Waals surface area contributed by atoms with Crippen LogP contribution in [0.4, 0.5) is 0 Å². The van der Waals surface area contributed by atoms with E-state index in [0.717, 1.165) is 6.42 Å². The largest absolute Gasteiger partial charge is 0.493 e. The van der Waals surface area contributed by atoms with Gasteiger partial charge in [-0.1, -0.05) is 18.5 Å². The number of amides is 2. The molecule has 1 N–H and O–H groups in total. The fourth-order valence-electron chi connectivity index (χ4n) is 2.13. The van der Waals surface area contributed by atoms with Gasteiger partial charge >= 0.3 is 0 Å². The van der Waals surface area contributed by atoms with Crippen LogP contribution in [0.1, 0.15) is 25.8 Å². The van der Waals surface area contributed by atoms with Crippen LogP contribution < -0.4 is 14.8 Å². The summed E-state index contributed by atoms with van der Waals surface area (Å²) < 4.78 is 11.1.